The maximum absolute atomic E-state index is 15.2. The fourth-order valence-electron chi connectivity index (χ4n) is 3.05. The number of rotatable bonds is 13. The van der Waals surface area contributed by atoms with Crippen LogP contribution in [0.2, 0.25) is 0 Å². The lowest BCUT2D eigenvalue weighted by Gasteiger charge is -2.33. The van der Waals surface area contributed by atoms with Crippen molar-refractivity contribution < 1.29 is 60.9 Å². The van der Waals surface area contributed by atoms with Crippen LogP contribution in [-0.2, 0) is 41.8 Å². The van der Waals surface area contributed by atoms with Crippen molar-refractivity contribution in [2.75, 3.05) is 26.1 Å². The zero-order chi connectivity index (χ0) is 29.4. The number of ether oxygens (including phenoxy) is 5. The molecular weight excluding hydrogens is 572 g/mol. The molecule has 39 heavy (non-hydrogen) atoms. The monoisotopic (exact) mass is 603 g/mol. The van der Waals surface area contributed by atoms with E-state index in [1.54, 1.807) is 27.7 Å². The highest BCUT2D eigenvalue weighted by molar-refractivity contribution is 7.48. The predicted octanol–water partition coefficient (Wildman–Crippen LogP) is 2.87. The normalized spacial score (nSPS) is 25.2. The average Bonchev–Trinajstić information content (AvgIpc) is 3.07. The number of carbonyl (C=O) groups excluding carboxylic acids is 2. The van der Waals surface area contributed by atoms with Gasteiger partial charge in [-0.1, -0.05) is 6.58 Å². The molecule has 0 aromatic heterocycles. The van der Waals surface area contributed by atoms with Crippen LogP contribution in [0.3, 0.4) is 0 Å². The quantitative estimate of drug-likeness (QED) is 0.135. The average molecular weight is 604 g/mol. The third-order valence-electron chi connectivity index (χ3n) is 4.84. The third kappa shape index (κ3) is 9.31. The van der Waals surface area contributed by atoms with Crippen LogP contribution < -0.4 is 5.73 Å². The number of carbonyl (C=O) groups is 2. The molecular formula is C21H32ClFN3O12P. The Morgan fingerprint density at radius 2 is 1.74 bits per heavy atom. The molecule has 0 amide bonds. The van der Waals surface area contributed by atoms with Crippen LogP contribution in [-0.4, -0.2) is 90.5 Å². The van der Waals surface area contributed by atoms with E-state index in [2.05, 4.69) is 21.0 Å². The zero-order valence-electron chi connectivity index (χ0n) is 21.7. The zero-order valence-corrected chi connectivity index (χ0v) is 23.3. The molecule has 4 atom stereocenters. The second-order valence-electron chi connectivity index (χ2n) is 8.61. The summed E-state index contributed by atoms with van der Waals surface area (Å²) < 4.78 is 68.0. The molecule has 1 saturated heterocycles. The first-order valence-electron chi connectivity index (χ1n) is 11.5. The molecule has 0 unspecified atom stereocenters. The van der Waals surface area contributed by atoms with Gasteiger partial charge in [-0.15, -0.1) is 11.6 Å². The molecule has 2 aliphatic rings. The molecule has 0 spiro atoms. The van der Waals surface area contributed by atoms with Crippen molar-refractivity contribution in [3.8, 4) is 0 Å². The molecule has 0 radical (unpaired) electrons. The molecule has 18 heteroatoms. The van der Waals surface area contributed by atoms with Gasteiger partial charge in [0.15, 0.2) is 12.4 Å². The highest BCUT2D eigenvalue weighted by atomic mass is 35.5. The molecule has 0 saturated carbocycles. The number of nitrogens with two attached hydrogens (primary N) is 1. The minimum Gasteiger partial charge on any atom is -0.432 e. The van der Waals surface area contributed by atoms with Gasteiger partial charge in [-0.05, 0) is 33.8 Å². The molecule has 2 rings (SSSR count). The number of alkyl halides is 2. The van der Waals surface area contributed by atoms with Gasteiger partial charge in [0.1, 0.15) is 23.4 Å². The van der Waals surface area contributed by atoms with Crippen molar-refractivity contribution >= 4 is 37.6 Å². The molecule has 1 fully saturated rings. The Balaban J connectivity index is 2.12. The third-order valence-corrected chi connectivity index (χ3v) is 6.58. The van der Waals surface area contributed by atoms with Crippen molar-refractivity contribution in [2.24, 2.45) is 10.7 Å². The second-order valence-corrected chi connectivity index (χ2v) is 10.5. The summed E-state index contributed by atoms with van der Waals surface area (Å²) >= 11 is 6.02. The molecule has 2 aliphatic heterocycles. The highest BCUT2D eigenvalue weighted by Gasteiger charge is 2.58. The summed E-state index contributed by atoms with van der Waals surface area (Å²) in [5.41, 5.74) is 3.62. The van der Waals surface area contributed by atoms with Crippen LogP contribution in [0.4, 0.5) is 14.0 Å². The number of aliphatic hydroxyl groups excluding tert-OH is 1. The van der Waals surface area contributed by atoms with Crippen molar-refractivity contribution in [3.05, 3.63) is 24.7 Å². The van der Waals surface area contributed by atoms with Gasteiger partial charge in [0.25, 0.3) is 0 Å². The van der Waals surface area contributed by atoms with E-state index >= 15 is 4.39 Å². The van der Waals surface area contributed by atoms with Crippen LogP contribution in [0.15, 0.2) is 29.7 Å². The van der Waals surface area contributed by atoms with E-state index in [4.69, 9.17) is 45.1 Å². The van der Waals surface area contributed by atoms with Gasteiger partial charge >= 0.3 is 20.1 Å². The summed E-state index contributed by atoms with van der Waals surface area (Å²) in [4.78, 5) is 28.3. The van der Waals surface area contributed by atoms with E-state index in [0.29, 0.717) is 0 Å². The Morgan fingerprint density at radius 1 is 1.21 bits per heavy atom. The molecule has 15 nitrogen and oxygen atoms in total. The summed E-state index contributed by atoms with van der Waals surface area (Å²) in [7, 11) is -4.75. The smallest absolute Gasteiger partial charge is 0.432 e. The van der Waals surface area contributed by atoms with Crippen molar-refractivity contribution in [1.82, 2.24) is 4.90 Å². The molecule has 2 heterocycles. The summed E-state index contributed by atoms with van der Waals surface area (Å²) in [5.74, 6) is -0.407. The predicted molar refractivity (Wildman–Crippen MR) is 132 cm³/mol. The van der Waals surface area contributed by atoms with Crippen molar-refractivity contribution in [2.45, 2.75) is 64.0 Å². The molecule has 0 bridgehead atoms. The molecule has 0 aliphatic carbocycles. The summed E-state index contributed by atoms with van der Waals surface area (Å²) in [6, 6.07) is 0. The summed E-state index contributed by atoms with van der Waals surface area (Å²) in [6.07, 6.45) is -6.06. The minimum absolute atomic E-state index is 0.0225. The van der Waals surface area contributed by atoms with Crippen LogP contribution in [0.25, 0.3) is 0 Å². The number of hydrogen-bond acceptors (Lipinski definition) is 15. The van der Waals surface area contributed by atoms with Gasteiger partial charge < -0.3 is 39.4 Å². The fraction of sp³-hybridized carbons (Fsp3) is 0.667. The Labute approximate surface area is 229 Å². The Bertz CT molecular complexity index is 967. The van der Waals surface area contributed by atoms with Gasteiger partial charge in [-0.25, -0.2) is 32.6 Å². The maximum Gasteiger partial charge on any atom is 0.510 e. The van der Waals surface area contributed by atoms with Gasteiger partial charge in [-0.2, -0.15) is 0 Å². The van der Waals surface area contributed by atoms with Crippen LogP contribution in [0, 0.1) is 0 Å². The topological polar surface area (TPSA) is 187 Å². The van der Waals surface area contributed by atoms with E-state index in [1.165, 1.54) is 17.2 Å². The van der Waals surface area contributed by atoms with Crippen molar-refractivity contribution in [1.29, 1.82) is 0 Å². The number of aliphatic hydroxyl groups is 1. The number of hydrogen-bond donors (Lipinski definition) is 2. The lowest BCUT2D eigenvalue weighted by atomic mass is 9.99. The first-order valence-corrected chi connectivity index (χ1v) is 13.5. The van der Waals surface area contributed by atoms with Gasteiger partial charge in [0, 0.05) is 6.20 Å². The number of phosphoric acid groups is 1. The fourth-order valence-corrected chi connectivity index (χ4v) is 4.31. The Kier molecular flexibility index (Phi) is 12.0. The van der Waals surface area contributed by atoms with Gasteiger partial charge in [-0.3, -0.25) is 4.52 Å². The molecule has 222 valence electrons. The first-order chi connectivity index (χ1) is 18.2. The van der Waals surface area contributed by atoms with Crippen LogP contribution in [0.1, 0.15) is 27.7 Å². The lowest BCUT2D eigenvalue weighted by molar-refractivity contribution is -0.124. The van der Waals surface area contributed by atoms with Crippen molar-refractivity contribution in [3.63, 3.8) is 0 Å². The summed E-state index contributed by atoms with van der Waals surface area (Å²) in [6.45, 7) is 7.10. The van der Waals surface area contributed by atoms with E-state index in [9.17, 15) is 19.3 Å². The van der Waals surface area contributed by atoms with Gasteiger partial charge in [0.2, 0.25) is 13.6 Å². The Morgan fingerprint density at radius 3 is 2.21 bits per heavy atom. The standard InChI is InChI=1S/C21H32ClFN3O12P/c1-12(2)36-19(28)31-10-34-39(30,35-11-32-20(29)37-13(3)4)33-9-21(8-22)17(27)16(23)18(38-21)26-7-6-15(24)25-14(26)5/h6-7,12-13,16-18,27H,5,8-11H2,1-4H3,(H2,24,25)/t16-,17+,18-,21-/m1/s1. The molecule has 0 aromatic rings. The highest BCUT2D eigenvalue weighted by Crippen LogP contribution is 2.51. The second kappa shape index (κ2) is 14.3. The SMILES string of the molecule is C=C1N=C(N)C=CN1[C@@H]1O[C@](CCl)(COP(=O)(OCOC(=O)OC(C)C)OCOC(=O)OC(C)C)[C@@H](O)[C@H]1F. The Hall–Kier alpha value is -2.46. The van der Waals surface area contributed by atoms with E-state index in [1.807, 2.05) is 0 Å². The summed E-state index contributed by atoms with van der Waals surface area (Å²) in [5, 5.41) is 10.7. The van der Waals surface area contributed by atoms with E-state index in [-0.39, 0.29) is 11.7 Å². The lowest BCUT2D eigenvalue weighted by Crippen LogP contribution is -2.47. The number of amidine groups is 1. The first kappa shape index (κ1) is 32.8. The number of aliphatic imine (C=N–C) groups is 1. The minimum atomic E-state index is -4.75. The largest absolute Gasteiger partial charge is 0.510 e. The molecule has 0 aromatic carbocycles. The van der Waals surface area contributed by atoms with E-state index < -0.39 is 82.5 Å². The van der Waals surface area contributed by atoms with Gasteiger partial charge in [0.05, 0.1) is 24.7 Å². The number of nitrogens with zero attached hydrogens (tertiary/aromatic N) is 2. The van der Waals surface area contributed by atoms with Crippen LogP contribution in [0.5, 0.6) is 0 Å². The maximum atomic E-state index is 15.2. The number of phosphoric ester groups is 1. The van der Waals surface area contributed by atoms with E-state index in [0.717, 1.165) is 0 Å². The number of halogens is 2. The molecule has 3 N–H and O–H groups in total. The van der Waals surface area contributed by atoms with Crippen LogP contribution >= 0.6 is 19.4 Å².